The van der Waals surface area contributed by atoms with E-state index in [4.69, 9.17) is 0 Å². The van der Waals surface area contributed by atoms with Gasteiger partial charge in [0.25, 0.3) is 10.0 Å². The first-order chi connectivity index (χ1) is 14.0. The highest BCUT2D eigenvalue weighted by Crippen LogP contribution is 2.26. The molecule has 5 rings (SSSR count). The van der Waals surface area contributed by atoms with Gasteiger partial charge in [0.2, 0.25) is 0 Å². The minimum atomic E-state index is -3.96. The van der Waals surface area contributed by atoms with Gasteiger partial charge in [-0.1, -0.05) is 18.2 Å². The minimum Gasteiger partial charge on any atom is -0.338 e. The fraction of sp³-hybridized carbons (Fsp3) is 0.0526. The van der Waals surface area contributed by atoms with Gasteiger partial charge in [0.1, 0.15) is 10.7 Å². The summed E-state index contributed by atoms with van der Waals surface area (Å²) in [5, 5.41) is 12.7. The maximum atomic E-state index is 13.4. The molecule has 4 aromatic heterocycles. The Bertz CT molecular complexity index is 1470. The predicted molar refractivity (Wildman–Crippen MR) is 108 cm³/mol. The number of rotatable bonds is 4. The van der Waals surface area contributed by atoms with Gasteiger partial charge in [-0.3, -0.25) is 9.67 Å². The Labute approximate surface area is 165 Å². The van der Waals surface area contributed by atoms with Crippen molar-refractivity contribution in [2.24, 2.45) is 7.05 Å². The molecular formula is C19H15N7O2S. The average Bonchev–Trinajstić information content (AvgIpc) is 3.33. The van der Waals surface area contributed by atoms with Crippen LogP contribution < -0.4 is 5.32 Å². The summed E-state index contributed by atoms with van der Waals surface area (Å²) in [6.07, 6.45) is 8.08. The second kappa shape index (κ2) is 6.38. The van der Waals surface area contributed by atoms with E-state index in [2.05, 4.69) is 25.5 Å². The van der Waals surface area contributed by atoms with E-state index in [1.165, 1.54) is 12.3 Å². The molecule has 29 heavy (non-hydrogen) atoms. The van der Waals surface area contributed by atoms with Crippen molar-refractivity contribution in [1.29, 1.82) is 0 Å². The molecule has 0 saturated carbocycles. The van der Waals surface area contributed by atoms with Crippen molar-refractivity contribution in [3.05, 3.63) is 67.4 Å². The monoisotopic (exact) mass is 405 g/mol. The van der Waals surface area contributed by atoms with Crippen molar-refractivity contribution in [3.8, 4) is 0 Å². The number of nitrogens with one attached hydrogen (secondary N) is 1. The molecule has 0 atom stereocenters. The molecule has 0 saturated heterocycles. The first-order valence-electron chi connectivity index (χ1n) is 8.71. The summed E-state index contributed by atoms with van der Waals surface area (Å²) in [5.74, 6) is 0.485. The van der Waals surface area contributed by atoms with E-state index in [9.17, 15) is 8.42 Å². The number of pyridine rings is 2. The van der Waals surface area contributed by atoms with Crippen LogP contribution in [0.1, 0.15) is 0 Å². The fourth-order valence-electron chi connectivity index (χ4n) is 3.17. The topological polar surface area (TPSA) is 108 Å². The summed E-state index contributed by atoms with van der Waals surface area (Å²) < 4.78 is 29.5. The molecule has 0 unspecified atom stereocenters. The molecule has 9 nitrogen and oxygen atoms in total. The van der Waals surface area contributed by atoms with Crippen LogP contribution in [-0.2, 0) is 17.1 Å². The van der Waals surface area contributed by atoms with Crippen molar-refractivity contribution in [2.45, 2.75) is 4.90 Å². The van der Waals surface area contributed by atoms with Gasteiger partial charge in [0.15, 0.2) is 0 Å². The number of fused-ring (bicyclic) bond motifs is 2. The lowest BCUT2D eigenvalue weighted by Gasteiger charge is -2.09. The Hall–Kier alpha value is -3.79. The average molecular weight is 405 g/mol. The molecule has 0 aliphatic carbocycles. The Morgan fingerprint density at radius 2 is 1.83 bits per heavy atom. The smallest absolute Gasteiger partial charge is 0.285 e. The fourth-order valence-corrected chi connectivity index (χ4v) is 4.61. The predicted octanol–water partition coefficient (Wildman–Crippen LogP) is 2.69. The molecule has 1 aromatic carbocycles. The van der Waals surface area contributed by atoms with Crippen LogP contribution in [-0.4, -0.2) is 37.4 Å². The van der Waals surface area contributed by atoms with Crippen LogP contribution >= 0.6 is 0 Å². The Kier molecular flexibility index (Phi) is 3.81. The molecule has 10 heteroatoms. The van der Waals surface area contributed by atoms with Crippen LogP contribution in [0.5, 0.6) is 0 Å². The lowest BCUT2D eigenvalue weighted by molar-refractivity contribution is 0.583. The standard InChI is InChI=1S/C19H15N7O2S/c1-25-12-15(11-22-25)24-18-8-16-14(9-21-18)10-23-26(16)29(27,28)17-6-2-4-13-5-3-7-20-19(13)17/h2-12H,1H3,(H,21,24). The number of benzene rings is 1. The maximum absolute atomic E-state index is 13.4. The van der Waals surface area contributed by atoms with E-state index in [0.717, 1.165) is 15.2 Å². The highest BCUT2D eigenvalue weighted by Gasteiger charge is 2.23. The number of hydrogen-bond acceptors (Lipinski definition) is 7. The molecule has 1 N–H and O–H groups in total. The summed E-state index contributed by atoms with van der Waals surface area (Å²) in [7, 11) is -2.16. The lowest BCUT2D eigenvalue weighted by atomic mass is 10.2. The van der Waals surface area contributed by atoms with Crippen LogP contribution in [0, 0.1) is 0 Å². The molecule has 0 aliphatic rings. The number of nitrogens with zero attached hydrogens (tertiary/aromatic N) is 6. The van der Waals surface area contributed by atoms with Crippen LogP contribution in [0.4, 0.5) is 11.5 Å². The second-order valence-electron chi connectivity index (χ2n) is 6.48. The van der Waals surface area contributed by atoms with Gasteiger partial charge in [0.05, 0.1) is 29.1 Å². The van der Waals surface area contributed by atoms with Gasteiger partial charge in [-0.15, -0.1) is 0 Å². The zero-order valence-corrected chi connectivity index (χ0v) is 16.1. The highest BCUT2D eigenvalue weighted by atomic mass is 32.2. The van der Waals surface area contributed by atoms with Crippen LogP contribution in [0.15, 0.2) is 72.3 Å². The second-order valence-corrected chi connectivity index (χ2v) is 8.22. The van der Waals surface area contributed by atoms with Gasteiger partial charge < -0.3 is 5.32 Å². The van der Waals surface area contributed by atoms with Gasteiger partial charge in [-0.25, -0.2) is 4.98 Å². The van der Waals surface area contributed by atoms with Crippen LogP contribution in [0.3, 0.4) is 0 Å². The maximum Gasteiger partial charge on any atom is 0.285 e. The number of aromatic nitrogens is 6. The third kappa shape index (κ3) is 2.90. The van der Waals surface area contributed by atoms with E-state index < -0.39 is 10.0 Å². The summed E-state index contributed by atoms with van der Waals surface area (Å²) in [4.78, 5) is 8.68. The molecule has 144 valence electrons. The minimum absolute atomic E-state index is 0.0965. The van der Waals surface area contributed by atoms with Crippen molar-refractivity contribution in [3.63, 3.8) is 0 Å². The summed E-state index contributed by atoms with van der Waals surface area (Å²) in [6.45, 7) is 0. The molecule has 0 fully saturated rings. The van der Waals surface area contributed by atoms with Gasteiger partial charge >= 0.3 is 0 Å². The molecule has 0 aliphatic heterocycles. The largest absolute Gasteiger partial charge is 0.338 e. The number of aryl methyl sites for hydroxylation is 1. The van der Waals surface area contributed by atoms with E-state index in [0.29, 0.717) is 22.2 Å². The SMILES string of the molecule is Cn1cc(Nc2cc3c(cn2)cnn3S(=O)(=O)c2cccc3cccnc23)cn1. The Morgan fingerprint density at radius 3 is 2.66 bits per heavy atom. The highest BCUT2D eigenvalue weighted by molar-refractivity contribution is 7.90. The quantitative estimate of drug-likeness (QED) is 0.490. The Morgan fingerprint density at radius 1 is 0.966 bits per heavy atom. The van der Waals surface area contributed by atoms with E-state index >= 15 is 0 Å². The number of anilines is 2. The van der Waals surface area contributed by atoms with E-state index in [1.54, 1.807) is 47.7 Å². The van der Waals surface area contributed by atoms with Gasteiger partial charge in [0, 0.05) is 42.5 Å². The third-order valence-corrected chi connectivity index (χ3v) is 6.13. The molecule has 4 heterocycles. The molecule has 0 bridgehead atoms. The first-order valence-corrected chi connectivity index (χ1v) is 10.2. The first kappa shape index (κ1) is 17.3. The lowest BCUT2D eigenvalue weighted by Crippen LogP contribution is -2.15. The molecule has 0 amide bonds. The van der Waals surface area contributed by atoms with Crippen LogP contribution in [0.2, 0.25) is 0 Å². The zero-order valence-electron chi connectivity index (χ0n) is 15.3. The summed E-state index contributed by atoms with van der Waals surface area (Å²) in [6, 6.07) is 10.3. The summed E-state index contributed by atoms with van der Waals surface area (Å²) >= 11 is 0. The van der Waals surface area contributed by atoms with Crippen molar-refractivity contribution in [1.82, 2.24) is 28.9 Å². The van der Waals surface area contributed by atoms with E-state index in [-0.39, 0.29) is 4.90 Å². The molecule has 0 radical (unpaired) electrons. The summed E-state index contributed by atoms with van der Waals surface area (Å²) in [5.41, 5.74) is 1.56. The molecule has 5 aromatic rings. The van der Waals surface area contributed by atoms with E-state index in [1.807, 2.05) is 19.2 Å². The van der Waals surface area contributed by atoms with Gasteiger partial charge in [-0.2, -0.15) is 22.7 Å². The normalized spacial score (nSPS) is 11.9. The van der Waals surface area contributed by atoms with Crippen molar-refractivity contribution < 1.29 is 8.42 Å². The van der Waals surface area contributed by atoms with Crippen LogP contribution in [0.25, 0.3) is 21.8 Å². The van der Waals surface area contributed by atoms with Crippen molar-refractivity contribution in [2.75, 3.05) is 5.32 Å². The number of hydrogen-bond donors (Lipinski definition) is 1. The molecular weight excluding hydrogens is 390 g/mol. The third-order valence-electron chi connectivity index (χ3n) is 4.50. The Balaban J connectivity index is 1.64. The molecule has 0 spiro atoms. The number of para-hydroxylation sites is 1. The zero-order chi connectivity index (χ0) is 20.0. The van der Waals surface area contributed by atoms with Gasteiger partial charge in [-0.05, 0) is 12.1 Å². The van der Waals surface area contributed by atoms with Crippen molar-refractivity contribution >= 4 is 43.3 Å².